The number of ether oxygens (including phenoxy) is 1. The molecule has 2 aromatic rings. The molecule has 0 spiro atoms. The molecule has 0 saturated carbocycles. The highest BCUT2D eigenvalue weighted by atomic mass is 16.5. The van der Waals surface area contributed by atoms with Gasteiger partial charge in [-0.1, -0.05) is 32.8 Å². The number of hydrogen-bond donors (Lipinski definition) is 0. The zero-order valence-electron chi connectivity index (χ0n) is 10.9. The molecule has 0 radical (unpaired) electrons. The molecule has 17 heavy (non-hydrogen) atoms. The lowest BCUT2D eigenvalue weighted by Crippen LogP contribution is -2.07. The third-order valence-corrected chi connectivity index (χ3v) is 3.60. The van der Waals surface area contributed by atoms with E-state index in [4.69, 9.17) is 4.74 Å². The molecule has 0 fully saturated rings. The number of rotatable bonds is 5. The summed E-state index contributed by atoms with van der Waals surface area (Å²) in [5.74, 6) is 1.72. The number of nitrogens with zero attached hydrogens (tertiary/aromatic N) is 1. The molecule has 0 bridgehead atoms. The third-order valence-electron chi connectivity index (χ3n) is 3.60. The van der Waals surface area contributed by atoms with Crippen molar-refractivity contribution in [1.82, 2.24) is 4.57 Å². The molecule has 2 rings (SSSR count). The third kappa shape index (κ3) is 2.31. The van der Waals surface area contributed by atoms with Gasteiger partial charge in [-0.2, -0.15) is 0 Å². The lowest BCUT2D eigenvalue weighted by Gasteiger charge is -2.14. The molecule has 1 heterocycles. The predicted octanol–water partition coefficient (Wildman–Crippen LogP) is 4.09. The Hall–Kier alpha value is -1.44. The quantitative estimate of drug-likeness (QED) is 0.756. The highest BCUT2D eigenvalue weighted by Crippen LogP contribution is 2.27. The van der Waals surface area contributed by atoms with Crippen molar-refractivity contribution < 1.29 is 4.74 Å². The van der Waals surface area contributed by atoms with Crippen LogP contribution in [-0.4, -0.2) is 11.7 Å². The van der Waals surface area contributed by atoms with Crippen LogP contribution in [0.15, 0.2) is 30.5 Å². The minimum atomic E-state index is 0.761. The fourth-order valence-electron chi connectivity index (χ4n) is 2.36. The Morgan fingerprint density at radius 2 is 1.94 bits per heavy atom. The van der Waals surface area contributed by atoms with Crippen LogP contribution in [-0.2, 0) is 6.54 Å². The monoisotopic (exact) mass is 231 g/mol. The average Bonchev–Trinajstić information content (AvgIpc) is 2.79. The van der Waals surface area contributed by atoms with Crippen molar-refractivity contribution in [2.24, 2.45) is 5.92 Å². The Bertz CT molecular complexity index is 483. The van der Waals surface area contributed by atoms with E-state index in [1.54, 1.807) is 7.11 Å². The van der Waals surface area contributed by atoms with Crippen molar-refractivity contribution >= 4 is 10.9 Å². The maximum Gasteiger partial charge on any atom is 0.128 e. The van der Waals surface area contributed by atoms with Crippen LogP contribution in [0.25, 0.3) is 10.9 Å². The van der Waals surface area contributed by atoms with E-state index in [2.05, 4.69) is 42.8 Å². The molecule has 2 nitrogen and oxygen atoms in total. The fraction of sp³-hybridized carbons (Fsp3) is 0.467. The standard InChI is InChI=1S/C15H21NO/c1-4-12(5-2)11-16-10-9-13-14(16)7-6-8-15(13)17-3/h6-10,12H,4-5,11H2,1-3H3. The second kappa shape index (κ2) is 5.26. The fourth-order valence-corrected chi connectivity index (χ4v) is 2.36. The van der Waals surface area contributed by atoms with Gasteiger partial charge < -0.3 is 9.30 Å². The summed E-state index contributed by atoms with van der Waals surface area (Å²) in [5, 5.41) is 1.21. The molecule has 0 aliphatic rings. The predicted molar refractivity (Wildman–Crippen MR) is 72.6 cm³/mol. The van der Waals surface area contributed by atoms with Gasteiger partial charge in [0, 0.05) is 18.1 Å². The molecule has 0 amide bonds. The van der Waals surface area contributed by atoms with Crippen LogP contribution in [0.5, 0.6) is 5.75 Å². The Morgan fingerprint density at radius 3 is 2.59 bits per heavy atom. The van der Waals surface area contributed by atoms with E-state index in [1.807, 2.05) is 6.07 Å². The van der Waals surface area contributed by atoms with Crippen molar-refractivity contribution in [1.29, 1.82) is 0 Å². The van der Waals surface area contributed by atoms with Gasteiger partial charge in [-0.3, -0.25) is 0 Å². The normalized spacial score (nSPS) is 11.3. The Balaban J connectivity index is 2.36. The van der Waals surface area contributed by atoms with Gasteiger partial charge in [0.15, 0.2) is 0 Å². The molecule has 2 heteroatoms. The maximum absolute atomic E-state index is 5.39. The van der Waals surface area contributed by atoms with Crippen molar-refractivity contribution in [3.8, 4) is 5.75 Å². The van der Waals surface area contributed by atoms with E-state index in [-0.39, 0.29) is 0 Å². The summed E-state index contributed by atoms with van der Waals surface area (Å²) in [5.41, 5.74) is 1.27. The minimum Gasteiger partial charge on any atom is -0.496 e. The van der Waals surface area contributed by atoms with Gasteiger partial charge in [0.1, 0.15) is 5.75 Å². The first-order valence-electron chi connectivity index (χ1n) is 6.42. The van der Waals surface area contributed by atoms with E-state index in [1.165, 1.54) is 23.7 Å². The van der Waals surface area contributed by atoms with Crippen molar-refractivity contribution in [2.45, 2.75) is 33.2 Å². The van der Waals surface area contributed by atoms with E-state index < -0.39 is 0 Å². The summed E-state index contributed by atoms with van der Waals surface area (Å²) in [6.45, 7) is 5.63. The lowest BCUT2D eigenvalue weighted by molar-refractivity contribution is 0.418. The topological polar surface area (TPSA) is 14.2 Å². The van der Waals surface area contributed by atoms with Crippen LogP contribution in [0.3, 0.4) is 0 Å². The number of benzene rings is 1. The Labute approximate surface area is 103 Å². The van der Waals surface area contributed by atoms with Crippen molar-refractivity contribution in [3.05, 3.63) is 30.5 Å². The van der Waals surface area contributed by atoms with Crippen molar-refractivity contribution in [2.75, 3.05) is 7.11 Å². The number of fused-ring (bicyclic) bond motifs is 1. The molecule has 0 aliphatic carbocycles. The van der Waals surface area contributed by atoms with Gasteiger partial charge in [-0.25, -0.2) is 0 Å². The molecule has 0 unspecified atom stereocenters. The molecular weight excluding hydrogens is 210 g/mol. The largest absolute Gasteiger partial charge is 0.496 e. The van der Waals surface area contributed by atoms with Crippen LogP contribution >= 0.6 is 0 Å². The maximum atomic E-state index is 5.39. The second-order valence-corrected chi connectivity index (χ2v) is 4.54. The molecule has 92 valence electrons. The highest BCUT2D eigenvalue weighted by molar-refractivity contribution is 5.86. The average molecular weight is 231 g/mol. The first-order chi connectivity index (χ1) is 8.30. The second-order valence-electron chi connectivity index (χ2n) is 4.54. The van der Waals surface area contributed by atoms with Crippen LogP contribution in [0.2, 0.25) is 0 Å². The van der Waals surface area contributed by atoms with Crippen LogP contribution in [0.1, 0.15) is 26.7 Å². The smallest absolute Gasteiger partial charge is 0.128 e. The van der Waals surface area contributed by atoms with Gasteiger partial charge in [-0.15, -0.1) is 0 Å². The molecule has 0 N–H and O–H groups in total. The van der Waals surface area contributed by atoms with E-state index >= 15 is 0 Å². The number of methoxy groups -OCH3 is 1. The van der Waals surface area contributed by atoms with Gasteiger partial charge in [0.05, 0.1) is 12.6 Å². The zero-order chi connectivity index (χ0) is 12.3. The molecular formula is C15H21NO. The minimum absolute atomic E-state index is 0.761. The van der Waals surface area contributed by atoms with Gasteiger partial charge in [-0.05, 0) is 24.1 Å². The first kappa shape index (κ1) is 12.0. The zero-order valence-corrected chi connectivity index (χ0v) is 10.9. The lowest BCUT2D eigenvalue weighted by atomic mass is 10.0. The van der Waals surface area contributed by atoms with E-state index in [0.29, 0.717) is 0 Å². The van der Waals surface area contributed by atoms with E-state index in [0.717, 1.165) is 18.2 Å². The summed E-state index contributed by atoms with van der Waals surface area (Å²) in [4.78, 5) is 0. The van der Waals surface area contributed by atoms with Crippen LogP contribution < -0.4 is 4.74 Å². The SMILES string of the molecule is CCC(CC)Cn1ccc2c(OC)cccc21. The summed E-state index contributed by atoms with van der Waals surface area (Å²) >= 11 is 0. The van der Waals surface area contributed by atoms with Crippen LogP contribution in [0.4, 0.5) is 0 Å². The molecule has 0 saturated heterocycles. The first-order valence-corrected chi connectivity index (χ1v) is 6.42. The van der Waals surface area contributed by atoms with Crippen LogP contribution in [0, 0.1) is 5.92 Å². The summed E-state index contributed by atoms with van der Waals surface area (Å²) in [6.07, 6.45) is 4.64. The van der Waals surface area contributed by atoms with Crippen molar-refractivity contribution in [3.63, 3.8) is 0 Å². The molecule has 0 atom stereocenters. The number of hydrogen-bond acceptors (Lipinski definition) is 1. The van der Waals surface area contributed by atoms with Gasteiger partial charge in [0.25, 0.3) is 0 Å². The highest BCUT2D eigenvalue weighted by Gasteiger charge is 2.09. The van der Waals surface area contributed by atoms with E-state index in [9.17, 15) is 0 Å². The van der Waals surface area contributed by atoms with Gasteiger partial charge >= 0.3 is 0 Å². The summed E-state index contributed by atoms with van der Waals surface area (Å²) < 4.78 is 7.73. The summed E-state index contributed by atoms with van der Waals surface area (Å²) in [6, 6.07) is 8.39. The molecule has 1 aromatic carbocycles. The Kier molecular flexibility index (Phi) is 3.72. The Morgan fingerprint density at radius 1 is 1.18 bits per heavy atom. The molecule has 0 aliphatic heterocycles. The number of aromatic nitrogens is 1. The van der Waals surface area contributed by atoms with Gasteiger partial charge in [0.2, 0.25) is 0 Å². The summed E-state index contributed by atoms with van der Waals surface area (Å²) in [7, 11) is 1.73. The molecule has 1 aromatic heterocycles.